The van der Waals surface area contributed by atoms with Crippen LogP contribution in [-0.2, 0) is 13.0 Å². The van der Waals surface area contributed by atoms with Crippen LogP contribution in [0, 0.1) is 0 Å². The van der Waals surface area contributed by atoms with Crippen LogP contribution < -0.4 is 0 Å². The van der Waals surface area contributed by atoms with Crippen LogP contribution in [0.25, 0.3) is 11.3 Å². The van der Waals surface area contributed by atoms with Gasteiger partial charge in [-0.25, -0.2) is 4.98 Å². The van der Waals surface area contributed by atoms with Crippen molar-refractivity contribution in [3.8, 4) is 11.3 Å². The zero-order valence-electron chi connectivity index (χ0n) is 8.28. The zero-order chi connectivity index (χ0) is 10.3. The van der Waals surface area contributed by atoms with Gasteiger partial charge in [-0.3, -0.25) is 0 Å². The van der Waals surface area contributed by atoms with E-state index in [2.05, 4.69) is 49.7 Å². The Morgan fingerprint density at radius 1 is 1.20 bits per heavy atom. The fourth-order valence-corrected chi connectivity index (χ4v) is 2.37. The molecule has 0 saturated carbocycles. The summed E-state index contributed by atoms with van der Waals surface area (Å²) < 4.78 is 3.44. The lowest BCUT2D eigenvalue weighted by molar-refractivity contribution is 0.756. The van der Waals surface area contributed by atoms with Crippen LogP contribution in [0.2, 0.25) is 0 Å². The highest BCUT2D eigenvalue weighted by atomic mass is 79.9. The third kappa shape index (κ3) is 1.51. The van der Waals surface area contributed by atoms with Gasteiger partial charge in [0.2, 0.25) is 0 Å². The van der Waals surface area contributed by atoms with E-state index in [1.54, 1.807) is 0 Å². The molecule has 0 spiro atoms. The normalized spacial score (nSPS) is 14.2. The molecule has 0 bridgehead atoms. The highest BCUT2D eigenvalue weighted by Gasteiger charge is 2.15. The van der Waals surface area contributed by atoms with Crippen LogP contribution in [0.4, 0.5) is 0 Å². The van der Waals surface area contributed by atoms with Crippen molar-refractivity contribution in [1.82, 2.24) is 9.55 Å². The number of halogens is 1. The van der Waals surface area contributed by atoms with Gasteiger partial charge in [-0.15, -0.1) is 0 Å². The number of benzene rings is 1. The molecule has 0 fully saturated rings. The molecule has 1 aromatic heterocycles. The Morgan fingerprint density at radius 3 is 2.80 bits per heavy atom. The third-order valence-corrected chi connectivity index (χ3v) is 3.39. The van der Waals surface area contributed by atoms with Gasteiger partial charge in [0, 0.05) is 17.4 Å². The van der Waals surface area contributed by atoms with E-state index in [1.165, 1.54) is 23.5 Å². The number of hydrogen-bond acceptors (Lipinski definition) is 1. The maximum Gasteiger partial charge on any atom is 0.109 e. The standard InChI is InChI=1S/C12H11BrN2/c13-10-5-3-9(4-6-10)11-8-14-12-2-1-7-15(11)12/h3-6,8H,1-2,7H2. The lowest BCUT2D eigenvalue weighted by atomic mass is 10.2. The van der Waals surface area contributed by atoms with E-state index in [9.17, 15) is 0 Å². The van der Waals surface area contributed by atoms with Gasteiger partial charge in [-0.2, -0.15) is 0 Å². The topological polar surface area (TPSA) is 17.8 Å². The molecular weight excluding hydrogens is 252 g/mol. The van der Waals surface area contributed by atoms with Crippen LogP contribution in [-0.4, -0.2) is 9.55 Å². The minimum Gasteiger partial charge on any atom is -0.328 e. The molecule has 2 heterocycles. The van der Waals surface area contributed by atoms with Gasteiger partial charge in [0.1, 0.15) is 5.82 Å². The van der Waals surface area contributed by atoms with Gasteiger partial charge in [0.15, 0.2) is 0 Å². The molecule has 0 atom stereocenters. The van der Waals surface area contributed by atoms with Crippen molar-refractivity contribution in [1.29, 1.82) is 0 Å². The van der Waals surface area contributed by atoms with Crippen LogP contribution in [0.5, 0.6) is 0 Å². The molecule has 0 saturated heterocycles. The summed E-state index contributed by atoms with van der Waals surface area (Å²) in [4.78, 5) is 4.45. The molecule has 0 aliphatic carbocycles. The molecule has 1 aliphatic rings. The molecule has 0 unspecified atom stereocenters. The first-order valence-corrected chi connectivity index (χ1v) is 5.94. The highest BCUT2D eigenvalue weighted by molar-refractivity contribution is 9.10. The lowest BCUT2D eigenvalue weighted by Gasteiger charge is -2.04. The van der Waals surface area contributed by atoms with Gasteiger partial charge in [0.05, 0.1) is 11.9 Å². The number of rotatable bonds is 1. The molecule has 2 aromatic rings. The molecule has 1 aliphatic heterocycles. The summed E-state index contributed by atoms with van der Waals surface area (Å²) in [5.74, 6) is 1.23. The Bertz CT molecular complexity index is 485. The molecule has 2 nitrogen and oxygen atoms in total. The summed E-state index contributed by atoms with van der Waals surface area (Å²) in [6.07, 6.45) is 4.33. The first-order chi connectivity index (χ1) is 7.34. The fraction of sp³-hybridized carbons (Fsp3) is 0.250. The maximum atomic E-state index is 4.45. The summed E-state index contributed by atoms with van der Waals surface area (Å²) >= 11 is 3.45. The number of nitrogens with zero attached hydrogens (tertiary/aromatic N) is 2. The Kier molecular flexibility index (Phi) is 2.13. The molecule has 76 valence electrons. The Labute approximate surface area is 97.1 Å². The number of fused-ring (bicyclic) bond motifs is 1. The van der Waals surface area contributed by atoms with E-state index in [0.717, 1.165) is 17.4 Å². The van der Waals surface area contributed by atoms with Crippen molar-refractivity contribution in [2.45, 2.75) is 19.4 Å². The second kappa shape index (κ2) is 3.49. The van der Waals surface area contributed by atoms with E-state index < -0.39 is 0 Å². The monoisotopic (exact) mass is 262 g/mol. The quantitative estimate of drug-likeness (QED) is 0.772. The SMILES string of the molecule is Brc1ccc(-c2cnc3n2CCC3)cc1. The highest BCUT2D eigenvalue weighted by Crippen LogP contribution is 2.26. The van der Waals surface area contributed by atoms with E-state index in [-0.39, 0.29) is 0 Å². The van der Waals surface area contributed by atoms with Crippen LogP contribution >= 0.6 is 15.9 Å². The fourth-order valence-electron chi connectivity index (χ4n) is 2.11. The maximum absolute atomic E-state index is 4.45. The molecule has 3 heteroatoms. The minimum atomic E-state index is 1.11. The molecule has 3 rings (SSSR count). The van der Waals surface area contributed by atoms with Gasteiger partial charge in [0.25, 0.3) is 0 Å². The molecule has 15 heavy (non-hydrogen) atoms. The van der Waals surface area contributed by atoms with E-state index in [0.29, 0.717) is 0 Å². The number of hydrogen-bond donors (Lipinski definition) is 0. The Hall–Kier alpha value is -1.09. The minimum absolute atomic E-state index is 1.11. The second-order valence-corrected chi connectivity index (χ2v) is 4.74. The smallest absolute Gasteiger partial charge is 0.109 e. The van der Waals surface area contributed by atoms with Crippen molar-refractivity contribution < 1.29 is 0 Å². The number of aryl methyl sites for hydroxylation is 1. The molecule has 0 N–H and O–H groups in total. The van der Waals surface area contributed by atoms with Crippen LogP contribution in [0.15, 0.2) is 34.9 Å². The zero-order valence-corrected chi connectivity index (χ0v) is 9.87. The second-order valence-electron chi connectivity index (χ2n) is 3.82. The van der Waals surface area contributed by atoms with E-state index in [4.69, 9.17) is 0 Å². The van der Waals surface area contributed by atoms with E-state index in [1.807, 2.05) is 6.20 Å². The van der Waals surface area contributed by atoms with Crippen molar-refractivity contribution in [3.63, 3.8) is 0 Å². The molecule has 0 radical (unpaired) electrons. The van der Waals surface area contributed by atoms with Crippen molar-refractivity contribution >= 4 is 15.9 Å². The van der Waals surface area contributed by atoms with E-state index >= 15 is 0 Å². The van der Waals surface area contributed by atoms with Crippen molar-refractivity contribution in [2.24, 2.45) is 0 Å². The predicted molar refractivity (Wildman–Crippen MR) is 63.7 cm³/mol. The Balaban J connectivity index is 2.09. The average Bonchev–Trinajstić information content (AvgIpc) is 2.80. The summed E-state index contributed by atoms with van der Waals surface area (Å²) in [6, 6.07) is 8.41. The lowest BCUT2D eigenvalue weighted by Crippen LogP contribution is -1.94. The summed E-state index contributed by atoms with van der Waals surface area (Å²) in [5.41, 5.74) is 2.49. The van der Waals surface area contributed by atoms with Gasteiger partial charge in [-0.1, -0.05) is 28.1 Å². The van der Waals surface area contributed by atoms with Gasteiger partial charge >= 0.3 is 0 Å². The summed E-state index contributed by atoms with van der Waals surface area (Å²) in [7, 11) is 0. The van der Waals surface area contributed by atoms with Crippen LogP contribution in [0.3, 0.4) is 0 Å². The largest absolute Gasteiger partial charge is 0.328 e. The molecule has 1 aromatic carbocycles. The first kappa shape index (κ1) is 9.16. The summed E-state index contributed by atoms with van der Waals surface area (Å²) in [6.45, 7) is 1.11. The Morgan fingerprint density at radius 2 is 2.00 bits per heavy atom. The molecular formula is C12H11BrN2. The van der Waals surface area contributed by atoms with Crippen molar-refractivity contribution in [3.05, 3.63) is 40.8 Å². The van der Waals surface area contributed by atoms with Crippen molar-refractivity contribution in [2.75, 3.05) is 0 Å². The molecule has 0 amide bonds. The average molecular weight is 263 g/mol. The van der Waals surface area contributed by atoms with Crippen LogP contribution in [0.1, 0.15) is 12.2 Å². The predicted octanol–water partition coefficient (Wildman–Crippen LogP) is 3.26. The van der Waals surface area contributed by atoms with Gasteiger partial charge < -0.3 is 4.57 Å². The first-order valence-electron chi connectivity index (χ1n) is 5.15. The number of aromatic nitrogens is 2. The summed E-state index contributed by atoms with van der Waals surface area (Å²) in [5, 5.41) is 0. The van der Waals surface area contributed by atoms with Gasteiger partial charge in [-0.05, 0) is 24.1 Å². The third-order valence-electron chi connectivity index (χ3n) is 2.86. The number of imidazole rings is 1.